The molecule has 3 atom stereocenters. The van der Waals surface area contributed by atoms with Crippen molar-refractivity contribution in [1.29, 1.82) is 0 Å². The van der Waals surface area contributed by atoms with Gasteiger partial charge in [0.2, 0.25) is 5.89 Å². The number of carbonyl (C=O) groups is 1. The van der Waals surface area contributed by atoms with E-state index in [-0.39, 0.29) is 17.4 Å². The average Bonchev–Trinajstić information content (AvgIpc) is 2.78. The summed E-state index contributed by atoms with van der Waals surface area (Å²) in [7, 11) is 4.13. The zero-order chi connectivity index (χ0) is 15.4. The summed E-state index contributed by atoms with van der Waals surface area (Å²) in [5.41, 5.74) is -0.315. The zero-order valence-corrected chi connectivity index (χ0v) is 12.9. The van der Waals surface area contributed by atoms with Crippen molar-refractivity contribution in [3.05, 3.63) is 11.7 Å². The fourth-order valence-corrected chi connectivity index (χ4v) is 3.36. The minimum atomic E-state index is -0.792. The second kappa shape index (κ2) is 4.78. The molecule has 1 aliphatic heterocycles. The Labute approximate surface area is 123 Å². The predicted octanol–water partition coefficient (Wildman–Crippen LogP) is 0.812. The van der Waals surface area contributed by atoms with E-state index >= 15 is 0 Å². The molecule has 1 N–H and O–H groups in total. The quantitative estimate of drug-likeness (QED) is 0.883. The van der Waals surface area contributed by atoms with Crippen LogP contribution in [0, 0.1) is 11.3 Å². The molecule has 1 saturated carbocycles. The van der Waals surface area contributed by atoms with Crippen LogP contribution >= 0.6 is 0 Å². The number of nitrogens with zero attached hydrogens (tertiary/aromatic N) is 4. The zero-order valence-electron chi connectivity index (χ0n) is 12.9. The molecule has 7 nitrogen and oxygen atoms in total. The summed E-state index contributed by atoms with van der Waals surface area (Å²) in [6.45, 7) is 6.69. The third kappa shape index (κ3) is 2.34. The number of hydrogen-bond acceptors (Lipinski definition) is 6. The van der Waals surface area contributed by atoms with E-state index in [9.17, 15) is 9.90 Å². The Morgan fingerprint density at radius 3 is 2.71 bits per heavy atom. The molecular formula is C14H22N4O3. The van der Waals surface area contributed by atoms with Crippen molar-refractivity contribution in [2.75, 3.05) is 33.7 Å². The van der Waals surface area contributed by atoms with Gasteiger partial charge < -0.3 is 14.5 Å². The van der Waals surface area contributed by atoms with Gasteiger partial charge in [-0.2, -0.15) is 4.98 Å². The number of rotatable bonds is 3. The molecule has 1 aliphatic carbocycles. The molecule has 0 radical (unpaired) electrons. The van der Waals surface area contributed by atoms with E-state index in [1.807, 2.05) is 13.8 Å². The number of carboxylic acid groups (broad SMARTS) is 1. The largest absolute Gasteiger partial charge is 0.481 e. The smallest absolute Gasteiger partial charge is 0.307 e. The minimum Gasteiger partial charge on any atom is -0.481 e. The number of aliphatic carboxylic acids is 1. The summed E-state index contributed by atoms with van der Waals surface area (Å²) < 4.78 is 5.37. The van der Waals surface area contributed by atoms with Gasteiger partial charge >= 0.3 is 5.97 Å². The normalized spacial score (nSPS) is 33.0. The molecule has 7 heteroatoms. The molecule has 116 valence electrons. The van der Waals surface area contributed by atoms with Gasteiger partial charge in [0.05, 0.1) is 17.9 Å². The molecule has 1 aromatic heterocycles. The van der Waals surface area contributed by atoms with Crippen molar-refractivity contribution in [2.45, 2.75) is 25.8 Å². The highest BCUT2D eigenvalue weighted by Crippen LogP contribution is 2.64. The van der Waals surface area contributed by atoms with Crippen molar-refractivity contribution in [3.8, 4) is 0 Å². The second-order valence-corrected chi connectivity index (χ2v) is 6.86. The summed E-state index contributed by atoms with van der Waals surface area (Å²) in [5.74, 6) is -0.283. The Kier molecular flexibility index (Phi) is 3.29. The van der Waals surface area contributed by atoms with E-state index in [0.29, 0.717) is 11.7 Å². The number of likely N-dealkylation sites (N-methyl/N-ethyl adjacent to an activating group) is 2. The minimum absolute atomic E-state index is 0.103. The SMILES string of the molecule is CN1CCN(C)C(c2noc(C3C(C(=O)O)C3(C)C)n2)C1. The fraction of sp³-hybridized carbons (Fsp3) is 0.786. The molecular weight excluding hydrogens is 272 g/mol. The fourth-order valence-electron chi connectivity index (χ4n) is 3.36. The average molecular weight is 294 g/mol. The first-order valence-electron chi connectivity index (χ1n) is 7.27. The number of aromatic nitrogens is 2. The highest BCUT2D eigenvalue weighted by molar-refractivity contribution is 5.77. The molecule has 0 amide bonds. The summed E-state index contributed by atoms with van der Waals surface area (Å²) in [5, 5.41) is 13.3. The Balaban J connectivity index is 1.80. The van der Waals surface area contributed by atoms with Gasteiger partial charge in [0.15, 0.2) is 5.82 Å². The molecule has 0 spiro atoms. The lowest BCUT2D eigenvalue weighted by Gasteiger charge is -2.35. The van der Waals surface area contributed by atoms with Gasteiger partial charge in [-0.15, -0.1) is 0 Å². The van der Waals surface area contributed by atoms with E-state index in [0.717, 1.165) is 19.6 Å². The Hall–Kier alpha value is -1.47. The van der Waals surface area contributed by atoms with E-state index in [1.165, 1.54) is 0 Å². The molecule has 3 rings (SSSR count). The monoisotopic (exact) mass is 294 g/mol. The molecule has 3 unspecified atom stereocenters. The van der Waals surface area contributed by atoms with Gasteiger partial charge in [0.25, 0.3) is 0 Å². The molecule has 21 heavy (non-hydrogen) atoms. The molecule has 1 saturated heterocycles. The van der Waals surface area contributed by atoms with Gasteiger partial charge in [0, 0.05) is 19.6 Å². The third-order valence-corrected chi connectivity index (χ3v) is 4.97. The number of hydrogen-bond donors (Lipinski definition) is 1. The second-order valence-electron chi connectivity index (χ2n) is 6.86. The highest BCUT2D eigenvalue weighted by atomic mass is 16.5. The summed E-state index contributed by atoms with van der Waals surface area (Å²) >= 11 is 0. The standard InChI is InChI=1S/C14H22N4O3/c1-14(2)9(10(14)13(19)20)12-15-11(16-21-12)8-7-17(3)5-6-18(8)4/h8-10H,5-7H2,1-4H3,(H,19,20). The van der Waals surface area contributed by atoms with Crippen LogP contribution < -0.4 is 0 Å². The first kappa shape index (κ1) is 14.5. The van der Waals surface area contributed by atoms with Crippen LogP contribution in [-0.4, -0.2) is 64.7 Å². The molecule has 2 fully saturated rings. The summed E-state index contributed by atoms with van der Waals surface area (Å²) in [6, 6.07) is 0.103. The Morgan fingerprint density at radius 1 is 1.38 bits per heavy atom. The van der Waals surface area contributed by atoms with Gasteiger partial charge in [-0.05, 0) is 19.5 Å². The van der Waals surface area contributed by atoms with Crippen LogP contribution in [0.1, 0.15) is 37.5 Å². The first-order valence-corrected chi connectivity index (χ1v) is 7.27. The van der Waals surface area contributed by atoms with E-state index in [1.54, 1.807) is 0 Å². The van der Waals surface area contributed by atoms with Crippen molar-refractivity contribution >= 4 is 5.97 Å². The van der Waals surface area contributed by atoms with Crippen LogP contribution in [0.15, 0.2) is 4.52 Å². The summed E-state index contributed by atoms with van der Waals surface area (Å²) in [4.78, 5) is 20.2. The van der Waals surface area contributed by atoms with E-state index in [2.05, 4.69) is 34.0 Å². The number of piperazine rings is 1. The lowest BCUT2D eigenvalue weighted by Crippen LogP contribution is -2.45. The molecule has 2 aliphatic rings. The van der Waals surface area contributed by atoms with Crippen LogP contribution in [-0.2, 0) is 4.79 Å². The topological polar surface area (TPSA) is 82.7 Å². The Morgan fingerprint density at radius 2 is 2.10 bits per heavy atom. The van der Waals surface area contributed by atoms with Crippen molar-refractivity contribution in [2.24, 2.45) is 11.3 Å². The lowest BCUT2D eigenvalue weighted by atomic mass is 10.1. The maximum Gasteiger partial charge on any atom is 0.307 e. The van der Waals surface area contributed by atoms with E-state index in [4.69, 9.17) is 4.52 Å². The molecule has 2 heterocycles. The predicted molar refractivity (Wildman–Crippen MR) is 74.8 cm³/mol. The van der Waals surface area contributed by atoms with Crippen LogP contribution in [0.5, 0.6) is 0 Å². The van der Waals surface area contributed by atoms with Crippen LogP contribution in [0.3, 0.4) is 0 Å². The summed E-state index contributed by atoms with van der Waals surface area (Å²) in [6.07, 6.45) is 0. The van der Waals surface area contributed by atoms with Gasteiger partial charge in [-0.25, -0.2) is 0 Å². The lowest BCUT2D eigenvalue weighted by molar-refractivity contribution is -0.139. The van der Waals surface area contributed by atoms with Gasteiger partial charge in [-0.1, -0.05) is 19.0 Å². The maximum absolute atomic E-state index is 11.3. The van der Waals surface area contributed by atoms with E-state index < -0.39 is 11.9 Å². The van der Waals surface area contributed by atoms with Crippen LogP contribution in [0.4, 0.5) is 0 Å². The van der Waals surface area contributed by atoms with Crippen molar-refractivity contribution in [3.63, 3.8) is 0 Å². The first-order chi connectivity index (χ1) is 9.82. The Bertz CT molecular complexity index is 556. The molecule has 1 aromatic rings. The van der Waals surface area contributed by atoms with Gasteiger partial charge in [-0.3, -0.25) is 9.69 Å². The molecule has 0 aromatic carbocycles. The van der Waals surface area contributed by atoms with Crippen molar-refractivity contribution in [1.82, 2.24) is 19.9 Å². The van der Waals surface area contributed by atoms with Crippen LogP contribution in [0.25, 0.3) is 0 Å². The van der Waals surface area contributed by atoms with Gasteiger partial charge in [0.1, 0.15) is 0 Å². The maximum atomic E-state index is 11.3. The highest BCUT2D eigenvalue weighted by Gasteiger charge is 2.65. The van der Waals surface area contributed by atoms with Crippen molar-refractivity contribution < 1.29 is 14.4 Å². The third-order valence-electron chi connectivity index (χ3n) is 4.97. The molecule has 0 bridgehead atoms. The number of carboxylic acids is 1. The van der Waals surface area contributed by atoms with Crippen LogP contribution in [0.2, 0.25) is 0 Å².